The largest absolute Gasteiger partial charge is 0.297 e. The van der Waals surface area contributed by atoms with Crippen LogP contribution < -0.4 is 0 Å². The third kappa shape index (κ3) is 2.41. The molecule has 19 heavy (non-hydrogen) atoms. The number of rotatable bonds is 3. The first-order valence-corrected chi connectivity index (χ1v) is 8.46. The minimum Gasteiger partial charge on any atom is -0.263 e. The molecule has 0 radical (unpaired) electrons. The lowest BCUT2D eigenvalue weighted by molar-refractivity contribution is 0.146. The van der Waals surface area contributed by atoms with Crippen LogP contribution in [0.15, 0.2) is 29.2 Å². The topological polar surface area (TPSA) is 43.4 Å². The first-order valence-electron chi connectivity index (χ1n) is 6.61. The van der Waals surface area contributed by atoms with E-state index in [0.717, 1.165) is 24.8 Å². The molecular weight excluding hydrogens is 284 g/mol. The summed E-state index contributed by atoms with van der Waals surface area (Å²) < 4.78 is 29.9. The molecule has 2 fully saturated rings. The Labute approximate surface area is 119 Å². The lowest BCUT2D eigenvalue weighted by Gasteiger charge is -2.21. The van der Waals surface area contributed by atoms with Crippen molar-refractivity contribution in [3.8, 4) is 0 Å². The molecule has 2 aliphatic carbocycles. The van der Waals surface area contributed by atoms with Gasteiger partial charge in [-0.15, -0.1) is 11.6 Å². The van der Waals surface area contributed by atoms with Crippen molar-refractivity contribution in [2.75, 3.05) is 0 Å². The molecule has 0 N–H and O–H groups in total. The fraction of sp³-hybridized carbons (Fsp3) is 0.571. The van der Waals surface area contributed by atoms with Crippen LogP contribution in [0.3, 0.4) is 0 Å². The van der Waals surface area contributed by atoms with Crippen molar-refractivity contribution in [2.24, 2.45) is 11.8 Å². The van der Waals surface area contributed by atoms with Crippen molar-refractivity contribution in [1.82, 2.24) is 0 Å². The van der Waals surface area contributed by atoms with E-state index >= 15 is 0 Å². The third-order valence-corrected chi connectivity index (χ3v) is 6.33. The Balaban J connectivity index is 1.78. The standard InChI is InChI=1S/C14H17ClO3S/c1-9-2-5-11(6-3-9)19(16,17)18-13-8-10-4-7-12(13)14(10)15/h2-3,5-6,10,12-14H,4,7-8H2,1H3/t10-,12-,13+,14+/m1/s1. The Hall–Kier alpha value is -0.580. The van der Waals surface area contributed by atoms with Crippen LogP contribution in [0.2, 0.25) is 0 Å². The second-order valence-corrected chi connectivity index (χ2v) is 7.66. The van der Waals surface area contributed by atoms with Crippen molar-refractivity contribution >= 4 is 21.7 Å². The Bertz CT molecular complexity index is 567. The number of halogens is 1. The number of aryl methyl sites for hydroxylation is 1. The molecule has 104 valence electrons. The molecule has 2 saturated carbocycles. The van der Waals surface area contributed by atoms with Crippen LogP contribution in [-0.2, 0) is 14.3 Å². The molecule has 0 saturated heterocycles. The molecule has 2 aliphatic rings. The molecule has 4 atom stereocenters. The summed E-state index contributed by atoms with van der Waals surface area (Å²) in [5.41, 5.74) is 1.03. The Morgan fingerprint density at radius 1 is 1.21 bits per heavy atom. The zero-order valence-electron chi connectivity index (χ0n) is 10.8. The summed E-state index contributed by atoms with van der Waals surface area (Å²) >= 11 is 6.29. The lowest BCUT2D eigenvalue weighted by atomic mass is 9.98. The van der Waals surface area contributed by atoms with Gasteiger partial charge >= 0.3 is 0 Å². The molecule has 0 unspecified atom stereocenters. The predicted octanol–water partition coefficient (Wildman–Crippen LogP) is 3.11. The monoisotopic (exact) mass is 300 g/mol. The predicted molar refractivity (Wildman–Crippen MR) is 73.7 cm³/mol. The quantitative estimate of drug-likeness (QED) is 0.636. The maximum absolute atomic E-state index is 12.2. The van der Waals surface area contributed by atoms with Crippen molar-refractivity contribution in [3.63, 3.8) is 0 Å². The molecular formula is C14H17ClO3S. The molecule has 0 amide bonds. The Kier molecular flexibility index (Phi) is 3.36. The summed E-state index contributed by atoms with van der Waals surface area (Å²) in [5.74, 6) is 0.608. The number of hydrogen-bond acceptors (Lipinski definition) is 3. The summed E-state index contributed by atoms with van der Waals surface area (Å²) in [7, 11) is -3.66. The summed E-state index contributed by atoms with van der Waals surface area (Å²) in [6, 6.07) is 6.74. The molecule has 1 aromatic rings. The van der Waals surface area contributed by atoms with Crippen LogP contribution in [-0.4, -0.2) is 19.9 Å². The molecule has 0 aliphatic heterocycles. The van der Waals surface area contributed by atoms with Crippen LogP contribution in [0.5, 0.6) is 0 Å². The van der Waals surface area contributed by atoms with Gasteiger partial charge in [0.25, 0.3) is 10.1 Å². The van der Waals surface area contributed by atoms with E-state index in [9.17, 15) is 8.42 Å². The lowest BCUT2D eigenvalue weighted by Crippen LogP contribution is -2.25. The fourth-order valence-electron chi connectivity index (χ4n) is 3.22. The molecule has 2 bridgehead atoms. The molecule has 5 heteroatoms. The molecule has 0 spiro atoms. The van der Waals surface area contributed by atoms with Crippen LogP contribution >= 0.6 is 11.6 Å². The van der Waals surface area contributed by atoms with E-state index in [2.05, 4.69) is 0 Å². The first kappa shape index (κ1) is 13.4. The van der Waals surface area contributed by atoms with Gasteiger partial charge in [0.2, 0.25) is 0 Å². The van der Waals surface area contributed by atoms with Gasteiger partial charge in [-0.1, -0.05) is 17.7 Å². The Morgan fingerprint density at radius 3 is 2.42 bits per heavy atom. The van der Waals surface area contributed by atoms with E-state index in [1.54, 1.807) is 24.3 Å². The highest BCUT2D eigenvalue weighted by Gasteiger charge is 2.49. The van der Waals surface area contributed by atoms with Gasteiger partial charge in [-0.3, -0.25) is 4.18 Å². The van der Waals surface area contributed by atoms with Crippen LogP contribution in [0, 0.1) is 18.8 Å². The smallest absolute Gasteiger partial charge is 0.263 e. The van der Waals surface area contributed by atoms with Gasteiger partial charge in [0.05, 0.1) is 11.0 Å². The summed E-state index contributed by atoms with van der Waals surface area (Å²) in [6.07, 6.45) is 2.60. The summed E-state index contributed by atoms with van der Waals surface area (Å²) in [4.78, 5) is 0.229. The second kappa shape index (κ2) is 4.76. The van der Waals surface area contributed by atoms with Crippen LogP contribution in [0.1, 0.15) is 24.8 Å². The number of benzene rings is 1. The number of fused-ring (bicyclic) bond motifs is 2. The average Bonchev–Trinajstić information content (AvgIpc) is 2.84. The highest BCUT2D eigenvalue weighted by Crippen LogP contribution is 2.49. The molecule has 0 heterocycles. The fourth-order valence-corrected chi connectivity index (χ4v) is 4.86. The van der Waals surface area contributed by atoms with Crippen LogP contribution in [0.25, 0.3) is 0 Å². The normalized spacial score (nSPS) is 33.8. The maximum Gasteiger partial charge on any atom is 0.297 e. The van der Waals surface area contributed by atoms with Crippen LogP contribution in [0.4, 0.5) is 0 Å². The summed E-state index contributed by atoms with van der Waals surface area (Å²) in [6.45, 7) is 1.92. The van der Waals surface area contributed by atoms with Gasteiger partial charge in [0, 0.05) is 11.3 Å². The van der Waals surface area contributed by atoms with E-state index in [4.69, 9.17) is 15.8 Å². The minimum atomic E-state index is -3.66. The molecule has 3 rings (SSSR count). The van der Waals surface area contributed by atoms with Gasteiger partial charge in [0.15, 0.2) is 0 Å². The van der Waals surface area contributed by atoms with Gasteiger partial charge in [-0.05, 0) is 44.2 Å². The van der Waals surface area contributed by atoms with Crippen molar-refractivity contribution < 1.29 is 12.6 Å². The van der Waals surface area contributed by atoms with E-state index in [0.29, 0.717) is 5.92 Å². The van der Waals surface area contributed by atoms with E-state index in [1.807, 2.05) is 6.92 Å². The second-order valence-electron chi connectivity index (χ2n) is 5.58. The van der Waals surface area contributed by atoms with Gasteiger partial charge in [0.1, 0.15) is 0 Å². The molecule has 0 aromatic heterocycles. The highest BCUT2D eigenvalue weighted by molar-refractivity contribution is 7.86. The van der Waals surface area contributed by atoms with Crippen molar-refractivity contribution in [3.05, 3.63) is 29.8 Å². The van der Waals surface area contributed by atoms with Gasteiger partial charge < -0.3 is 0 Å². The van der Waals surface area contributed by atoms with E-state index in [1.165, 1.54) is 0 Å². The molecule has 3 nitrogen and oxygen atoms in total. The number of hydrogen-bond donors (Lipinski definition) is 0. The average molecular weight is 301 g/mol. The zero-order chi connectivity index (χ0) is 13.6. The van der Waals surface area contributed by atoms with E-state index in [-0.39, 0.29) is 22.3 Å². The summed E-state index contributed by atoms with van der Waals surface area (Å²) in [5, 5.41) is 0.0817. The van der Waals surface area contributed by atoms with Crippen molar-refractivity contribution in [1.29, 1.82) is 0 Å². The minimum absolute atomic E-state index is 0.0817. The highest BCUT2D eigenvalue weighted by atomic mass is 35.5. The van der Waals surface area contributed by atoms with Gasteiger partial charge in [-0.2, -0.15) is 8.42 Å². The van der Waals surface area contributed by atoms with E-state index < -0.39 is 10.1 Å². The van der Waals surface area contributed by atoms with Gasteiger partial charge in [-0.25, -0.2) is 0 Å². The first-order chi connectivity index (χ1) is 8.97. The SMILES string of the molecule is Cc1ccc(S(=O)(=O)O[C@H]2C[C@H]3CC[C@H]2[C@H]3Cl)cc1. The van der Waals surface area contributed by atoms with Crippen molar-refractivity contribution in [2.45, 2.75) is 42.6 Å². The maximum atomic E-state index is 12.2. The number of alkyl halides is 1. The Morgan fingerprint density at radius 2 is 1.89 bits per heavy atom. The third-order valence-electron chi connectivity index (χ3n) is 4.30. The zero-order valence-corrected chi connectivity index (χ0v) is 12.3. The molecule has 1 aromatic carbocycles.